The van der Waals surface area contributed by atoms with E-state index in [2.05, 4.69) is 5.92 Å². The Bertz CT molecular complexity index is 1090. The van der Waals surface area contributed by atoms with Gasteiger partial charge in [-0.2, -0.15) is 0 Å². The molecule has 1 aromatic carbocycles. The van der Waals surface area contributed by atoms with Gasteiger partial charge in [-0.3, -0.25) is 19.2 Å². The van der Waals surface area contributed by atoms with Crippen molar-refractivity contribution in [1.29, 1.82) is 0 Å². The highest BCUT2D eigenvalue weighted by atomic mass is 16.4. The van der Waals surface area contributed by atoms with Crippen molar-refractivity contribution in [3.8, 4) is 12.3 Å². The van der Waals surface area contributed by atoms with Crippen LogP contribution in [0.5, 0.6) is 0 Å². The van der Waals surface area contributed by atoms with Crippen molar-refractivity contribution < 1.29 is 44.1 Å². The Balaban J connectivity index is 0.000000273. The number of Topliss-reactive ketones (excluding diaryl/α,β-unsaturated/α-hetero) is 2. The molecule has 2 bridgehead atoms. The van der Waals surface area contributed by atoms with Crippen LogP contribution in [0.2, 0.25) is 0 Å². The van der Waals surface area contributed by atoms with E-state index >= 15 is 0 Å². The number of carbonyl (C=O) groups excluding carboxylic acids is 3. The monoisotopic (exact) mass is 482 g/mol. The molecule has 0 heterocycles. The zero-order valence-electron chi connectivity index (χ0n) is 19.4. The fourth-order valence-corrected chi connectivity index (χ4v) is 4.02. The van der Waals surface area contributed by atoms with E-state index in [1.54, 1.807) is 6.07 Å². The topological polar surface area (TPSA) is 163 Å². The molecule has 4 unspecified atom stereocenters. The number of aromatic carboxylic acids is 1. The minimum absolute atomic E-state index is 0.0178. The zero-order chi connectivity index (χ0) is 26.9. The lowest BCUT2D eigenvalue weighted by Gasteiger charge is -2.21. The Kier molecular flexibility index (Phi) is 10.5. The highest BCUT2D eigenvalue weighted by Crippen LogP contribution is 2.48. The van der Waals surface area contributed by atoms with E-state index < -0.39 is 23.8 Å². The van der Waals surface area contributed by atoms with Gasteiger partial charge in [0.15, 0.2) is 11.6 Å². The maximum absolute atomic E-state index is 11.3. The molecule has 0 amide bonds. The summed E-state index contributed by atoms with van der Waals surface area (Å²) in [6.45, 7) is 4.10. The van der Waals surface area contributed by atoms with E-state index in [-0.39, 0.29) is 46.2 Å². The van der Waals surface area contributed by atoms with Crippen molar-refractivity contribution in [3.05, 3.63) is 59.2 Å². The summed E-state index contributed by atoms with van der Waals surface area (Å²) in [4.78, 5) is 63.7. The summed E-state index contributed by atoms with van der Waals surface area (Å²) in [5, 5.41) is 25.7. The molecule has 1 fully saturated rings. The van der Waals surface area contributed by atoms with Gasteiger partial charge < -0.3 is 15.3 Å². The fourth-order valence-electron chi connectivity index (χ4n) is 4.02. The van der Waals surface area contributed by atoms with Crippen LogP contribution in [-0.2, 0) is 19.2 Å². The van der Waals surface area contributed by atoms with Crippen LogP contribution >= 0.6 is 0 Å². The van der Waals surface area contributed by atoms with E-state index in [9.17, 15) is 28.8 Å². The summed E-state index contributed by atoms with van der Waals surface area (Å²) >= 11 is 0. The molecule has 2 aliphatic carbocycles. The second-order valence-electron chi connectivity index (χ2n) is 8.00. The highest BCUT2D eigenvalue weighted by molar-refractivity contribution is 6.05. The van der Waals surface area contributed by atoms with Crippen LogP contribution in [0.15, 0.2) is 42.5 Å². The third kappa shape index (κ3) is 8.19. The molecule has 3 rings (SSSR count). The van der Waals surface area contributed by atoms with Gasteiger partial charge in [-0.05, 0) is 63.3 Å². The number of allylic oxidation sites excluding steroid dienone is 3. The number of terminal acetylenes is 1. The number of rotatable bonds is 6. The number of hydrogen-bond acceptors (Lipinski definition) is 6. The first kappa shape index (κ1) is 28.7. The van der Waals surface area contributed by atoms with Crippen molar-refractivity contribution in [2.24, 2.45) is 23.7 Å². The van der Waals surface area contributed by atoms with Crippen molar-refractivity contribution in [3.63, 3.8) is 0 Å². The molecule has 1 aromatic rings. The van der Waals surface area contributed by atoms with E-state index in [1.807, 2.05) is 12.2 Å². The maximum atomic E-state index is 11.3. The fraction of sp³-hybridized carbons (Fsp3) is 0.308. The largest absolute Gasteiger partial charge is 0.481 e. The molecule has 35 heavy (non-hydrogen) atoms. The van der Waals surface area contributed by atoms with E-state index in [4.69, 9.17) is 21.7 Å². The quantitative estimate of drug-likeness (QED) is 0.239. The third-order valence-electron chi connectivity index (χ3n) is 5.47. The second-order valence-corrected chi connectivity index (χ2v) is 8.00. The number of carboxylic acids is 3. The minimum Gasteiger partial charge on any atom is -0.481 e. The van der Waals surface area contributed by atoms with Crippen LogP contribution in [0.1, 0.15) is 53.5 Å². The number of fused-ring (bicyclic) bond motifs is 2. The van der Waals surface area contributed by atoms with Crippen molar-refractivity contribution in [2.75, 3.05) is 0 Å². The van der Waals surface area contributed by atoms with Gasteiger partial charge in [-0.15, -0.1) is 6.42 Å². The Morgan fingerprint density at radius 3 is 1.80 bits per heavy atom. The number of carbonyl (C=O) groups is 6. The number of benzene rings is 1. The number of aliphatic carboxylic acids is 2. The average molecular weight is 482 g/mol. The Labute approximate surface area is 202 Å². The van der Waals surface area contributed by atoms with Crippen LogP contribution in [0.25, 0.3) is 0 Å². The molecule has 9 nitrogen and oxygen atoms in total. The van der Waals surface area contributed by atoms with Crippen LogP contribution in [0, 0.1) is 36.0 Å². The molecule has 0 saturated heterocycles. The molecular formula is C26H26O9. The van der Waals surface area contributed by atoms with Gasteiger partial charge in [-0.25, -0.2) is 9.59 Å². The number of ketones is 3. The van der Waals surface area contributed by atoms with Gasteiger partial charge in [-0.1, -0.05) is 18.1 Å². The lowest BCUT2D eigenvalue weighted by Crippen LogP contribution is -2.31. The molecule has 3 N–H and O–H groups in total. The van der Waals surface area contributed by atoms with Gasteiger partial charge >= 0.3 is 17.9 Å². The first-order valence-electron chi connectivity index (χ1n) is 10.5. The Hall–Kier alpha value is -4.32. The van der Waals surface area contributed by atoms with Crippen LogP contribution in [0.3, 0.4) is 0 Å². The van der Waals surface area contributed by atoms with Crippen LogP contribution in [0.4, 0.5) is 0 Å². The Morgan fingerprint density at radius 2 is 1.46 bits per heavy atom. The summed E-state index contributed by atoms with van der Waals surface area (Å²) < 4.78 is 0. The standard InChI is InChI=1S/C11H8O3.C10H12O3.C5H6O3/c1-3-8-4-5-9(7(2)12)10(6-8)11(13)14;1-5(11)8-6-2-3-7(4-6)9(8)10(12)13;1-4(6)2-3-5(7)8/h1,4-6H,2H3,(H,13,14);2-3,6-9H,4H2,1H3,(H,12,13);2-3H,1H3,(H,7,8)/b;;3-2-. The maximum Gasteiger partial charge on any atom is 0.336 e. The predicted octanol–water partition coefficient (Wildman–Crippen LogP) is 2.88. The molecule has 0 radical (unpaired) electrons. The molecule has 184 valence electrons. The smallest absolute Gasteiger partial charge is 0.336 e. The Morgan fingerprint density at radius 1 is 0.886 bits per heavy atom. The number of hydrogen-bond donors (Lipinski definition) is 3. The predicted molar refractivity (Wildman–Crippen MR) is 125 cm³/mol. The van der Waals surface area contributed by atoms with Gasteiger partial charge in [0.1, 0.15) is 5.78 Å². The van der Waals surface area contributed by atoms with E-state index in [0.717, 1.165) is 18.6 Å². The summed E-state index contributed by atoms with van der Waals surface area (Å²) in [7, 11) is 0. The normalized spacial score (nSPS) is 21.1. The first-order valence-corrected chi connectivity index (χ1v) is 10.5. The third-order valence-corrected chi connectivity index (χ3v) is 5.47. The van der Waals surface area contributed by atoms with Crippen molar-refractivity contribution >= 4 is 35.3 Å². The molecule has 9 heteroatoms. The van der Waals surface area contributed by atoms with Gasteiger partial charge in [0.2, 0.25) is 0 Å². The average Bonchev–Trinajstić information content (AvgIpc) is 3.40. The number of carboxylic acid groups (broad SMARTS) is 3. The van der Waals surface area contributed by atoms with Crippen molar-refractivity contribution in [1.82, 2.24) is 0 Å². The zero-order valence-corrected chi connectivity index (χ0v) is 19.4. The minimum atomic E-state index is -1.15. The van der Waals surface area contributed by atoms with Gasteiger partial charge in [0, 0.05) is 23.1 Å². The first-order chi connectivity index (χ1) is 16.3. The molecule has 2 aliphatic rings. The van der Waals surface area contributed by atoms with E-state index in [0.29, 0.717) is 5.56 Å². The van der Waals surface area contributed by atoms with Crippen LogP contribution < -0.4 is 0 Å². The summed E-state index contributed by atoms with van der Waals surface area (Å²) in [6.07, 6.45) is 11.7. The lowest BCUT2D eigenvalue weighted by molar-refractivity contribution is -0.147. The SMILES string of the molecule is C#Cc1ccc(C(C)=O)c(C(=O)O)c1.CC(=O)/C=C\C(=O)O.CC(=O)C1C2C=CC(C2)C1C(=O)O. The van der Waals surface area contributed by atoms with Gasteiger partial charge in [0.05, 0.1) is 11.5 Å². The van der Waals surface area contributed by atoms with E-state index in [1.165, 1.54) is 32.9 Å². The summed E-state index contributed by atoms with van der Waals surface area (Å²) in [5.74, 6) is -1.74. The molecule has 0 aromatic heterocycles. The van der Waals surface area contributed by atoms with Gasteiger partial charge in [0.25, 0.3) is 0 Å². The highest BCUT2D eigenvalue weighted by Gasteiger charge is 2.50. The second kappa shape index (κ2) is 12.8. The molecule has 0 spiro atoms. The molecule has 1 saturated carbocycles. The molecular weight excluding hydrogens is 456 g/mol. The summed E-state index contributed by atoms with van der Waals surface area (Å²) in [6, 6.07) is 4.29. The molecule has 4 atom stereocenters. The molecule has 0 aliphatic heterocycles. The lowest BCUT2D eigenvalue weighted by atomic mass is 9.81. The van der Waals surface area contributed by atoms with Crippen molar-refractivity contribution in [2.45, 2.75) is 27.2 Å². The summed E-state index contributed by atoms with van der Waals surface area (Å²) in [5.41, 5.74) is 0.580. The van der Waals surface area contributed by atoms with Crippen LogP contribution in [-0.4, -0.2) is 50.6 Å².